The van der Waals surface area contributed by atoms with Gasteiger partial charge in [0.05, 0.1) is 0 Å². The maximum atomic E-state index is 8.43. The average Bonchev–Trinajstić information content (AvgIpc) is 2.98. The van der Waals surface area contributed by atoms with E-state index in [9.17, 15) is 0 Å². The highest BCUT2D eigenvalue weighted by Gasteiger charge is 2.05. The van der Waals surface area contributed by atoms with Crippen LogP contribution in [0.4, 0.5) is 0 Å². The van der Waals surface area contributed by atoms with E-state index in [1.807, 2.05) is 30.3 Å². The zero-order chi connectivity index (χ0) is 13.5. The molecule has 0 saturated heterocycles. The largest absolute Gasteiger partial charge is 0.479 e. The lowest BCUT2D eigenvalue weighted by Crippen LogP contribution is -2.17. The summed E-state index contributed by atoms with van der Waals surface area (Å²) in [4.78, 5) is 1.34. The van der Waals surface area contributed by atoms with Gasteiger partial charge in [-0.05, 0) is 36.1 Å². The van der Waals surface area contributed by atoms with Crippen molar-refractivity contribution in [3.05, 3.63) is 52.2 Å². The summed E-state index contributed by atoms with van der Waals surface area (Å²) in [7, 11) is 0. The van der Waals surface area contributed by atoms with Gasteiger partial charge in [0.15, 0.2) is 6.61 Å². The summed E-state index contributed by atoms with van der Waals surface area (Å²) < 4.78 is 5.21. The number of rotatable bonds is 6. The number of nitrogens with one attached hydrogen (secondary N) is 1. The summed E-state index contributed by atoms with van der Waals surface area (Å²) in [6.45, 7) is 3.07. The molecule has 1 N–H and O–H groups in total. The predicted molar refractivity (Wildman–Crippen MR) is 77.1 cm³/mol. The van der Waals surface area contributed by atoms with Crippen LogP contribution in [0.15, 0.2) is 41.8 Å². The first-order valence-electron chi connectivity index (χ1n) is 6.15. The highest BCUT2D eigenvalue weighted by Crippen LogP contribution is 2.19. The molecule has 0 saturated carbocycles. The first kappa shape index (κ1) is 13.6. The van der Waals surface area contributed by atoms with E-state index in [1.165, 1.54) is 10.4 Å². The van der Waals surface area contributed by atoms with E-state index < -0.39 is 0 Å². The fourth-order valence-electron chi connectivity index (χ4n) is 1.73. The third-order valence-electron chi connectivity index (χ3n) is 2.81. The molecule has 0 aliphatic rings. The van der Waals surface area contributed by atoms with Crippen molar-refractivity contribution in [3.8, 4) is 11.8 Å². The fourth-order valence-corrected chi connectivity index (χ4v) is 2.49. The minimum absolute atomic E-state index is 0.0903. The van der Waals surface area contributed by atoms with E-state index in [1.54, 1.807) is 11.3 Å². The molecular formula is C15H16N2OS. The number of thiophene rings is 1. The van der Waals surface area contributed by atoms with Crippen LogP contribution in [-0.4, -0.2) is 6.61 Å². The van der Waals surface area contributed by atoms with Gasteiger partial charge in [0.1, 0.15) is 11.8 Å². The van der Waals surface area contributed by atoms with Crippen LogP contribution in [0.2, 0.25) is 0 Å². The van der Waals surface area contributed by atoms with Crippen LogP contribution in [0, 0.1) is 11.3 Å². The van der Waals surface area contributed by atoms with Gasteiger partial charge in [0.2, 0.25) is 0 Å². The Bertz CT molecular complexity index is 528. The summed E-state index contributed by atoms with van der Waals surface area (Å²) in [5.74, 6) is 0.733. The van der Waals surface area contributed by atoms with E-state index in [4.69, 9.17) is 10.00 Å². The normalized spacial score (nSPS) is 11.8. The Labute approximate surface area is 117 Å². The first-order chi connectivity index (χ1) is 9.29. The maximum absolute atomic E-state index is 8.43. The molecular weight excluding hydrogens is 256 g/mol. The Morgan fingerprint density at radius 3 is 2.74 bits per heavy atom. The lowest BCUT2D eigenvalue weighted by atomic mass is 10.2. The number of hydrogen-bond donors (Lipinski definition) is 1. The SMILES string of the molecule is C[C@@H](NCc1ccc(OCC#N)cc1)c1cccs1. The monoisotopic (exact) mass is 272 g/mol. The minimum atomic E-state index is 0.0903. The lowest BCUT2D eigenvalue weighted by Gasteiger charge is -2.12. The Morgan fingerprint density at radius 1 is 1.32 bits per heavy atom. The van der Waals surface area contributed by atoms with Crippen molar-refractivity contribution in [3.63, 3.8) is 0 Å². The standard InChI is InChI=1S/C15H16N2OS/c1-12(15-3-2-10-19-15)17-11-13-4-6-14(7-5-13)18-9-8-16/h2-7,10,12,17H,9,11H2,1H3/t12-/m1/s1. The van der Waals surface area contributed by atoms with Gasteiger partial charge in [0, 0.05) is 17.5 Å². The molecule has 1 aromatic heterocycles. The summed E-state index contributed by atoms with van der Waals surface area (Å²) >= 11 is 1.76. The minimum Gasteiger partial charge on any atom is -0.479 e. The average molecular weight is 272 g/mol. The Balaban J connectivity index is 1.85. The van der Waals surface area contributed by atoms with Gasteiger partial charge < -0.3 is 10.1 Å². The van der Waals surface area contributed by atoms with Crippen LogP contribution < -0.4 is 10.1 Å². The molecule has 1 heterocycles. The predicted octanol–water partition coefficient (Wildman–Crippen LogP) is 3.50. The number of nitriles is 1. The van der Waals surface area contributed by atoms with Gasteiger partial charge in [-0.2, -0.15) is 5.26 Å². The van der Waals surface area contributed by atoms with Crippen molar-refractivity contribution < 1.29 is 4.74 Å². The van der Waals surface area contributed by atoms with E-state index in [0.717, 1.165) is 12.3 Å². The van der Waals surface area contributed by atoms with Gasteiger partial charge in [-0.25, -0.2) is 0 Å². The van der Waals surface area contributed by atoms with Crippen molar-refractivity contribution in [1.29, 1.82) is 5.26 Å². The molecule has 0 aliphatic heterocycles. The molecule has 98 valence electrons. The second-order valence-electron chi connectivity index (χ2n) is 4.21. The van der Waals surface area contributed by atoms with E-state index in [0.29, 0.717) is 6.04 Å². The van der Waals surface area contributed by atoms with E-state index >= 15 is 0 Å². The summed E-state index contributed by atoms with van der Waals surface area (Å²) in [6.07, 6.45) is 0. The van der Waals surface area contributed by atoms with Crippen LogP contribution in [0.5, 0.6) is 5.75 Å². The lowest BCUT2D eigenvalue weighted by molar-refractivity contribution is 0.368. The highest BCUT2D eigenvalue weighted by atomic mass is 32.1. The quantitative estimate of drug-likeness (QED) is 0.875. The second-order valence-corrected chi connectivity index (χ2v) is 5.19. The number of hydrogen-bond acceptors (Lipinski definition) is 4. The first-order valence-corrected chi connectivity index (χ1v) is 7.03. The second kappa shape index (κ2) is 6.93. The zero-order valence-corrected chi connectivity index (χ0v) is 11.6. The van der Waals surface area contributed by atoms with Crippen molar-refractivity contribution in [1.82, 2.24) is 5.32 Å². The molecule has 4 heteroatoms. The van der Waals surface area contributed by atoms with Gasteiger partial charge in [0.25, 0.3) is 0 Å². The van der Waals surface area contributed by atoms with Gasteiger partial charge >= 0.3 is 0 Å². The molecule has 0 bridgehead atoms. The van der Waals surface area contributed by atoms with Gasteiger partial charge in [-0.3, -0.25) is 0 Å². The maximum Gasteiger partial charge on any atom is 0.174 e. The fraction of sp³-hybridized carbons (Fsp3) is 0.267. The molecule has 1 aromatic carbocycles. The molecule has 0 fully saturated rings. The smallest absolute Gasteiger partial charge is 0.174 e. The molecule has 1 atom stereocenters. The van der Waals surface area contributed by atoms with Crippen molar-refractivity contribution >= 4 is 11.3 Å². The van der Waals surface area contributed by atoms with Crippen LogP contribution in [0.3, 0.4) is 0 Å². The Hall–Kier alpha value is -1.83. The molecule has 0 radical (unpaired) electrons. The molecule has 0 aliphatic carbocycles. The summed E-state index contributed by atoms with van der Waals surface area (Å²) in [5.41, 5.74) is 1.20. The van der Waals surface area contributed by atoms with Crippen LogP contribution in [-0.2, 0) is 6.54 Å². The molecule has 3 nitrogen and oxygen atoms in total. The van der Waals surface area contributed by atoms with Crippen LogP contribution in [0.1, 0.15) is 23.4 Å². The molecule has 0 amide bonds. The number of nitrogens with zero attached hydrogens (tertiary/aromatic N) is 1. The van der Waals surface area contributed by atoms with Gasteiger partial charge in [-0.1, -0.05) is 18.2 Å². The summed E-state index contributed by atoms with van der Waals surface area (Å²) in [5, 5.41) is 14.0. The third-order valence-corrected chi connectivity index (χ3v) is 3.86. The molecule has 0 unspecified atom stereocenters. The van der Waals surface area contributed by atoms with Crippen molar-refractivity contribution in [2.75, 3.05) is 6.61 Å². The molecule has 19 heavy (non-hydrogen) atoms. The molecule has 0 spiro atoms. The van der Waals surface area contributed by atoms with Crippen molar-refractivity contribution in [2.45, 2.75) is 19.5 Å². The van der Waals surface area contributed by atoms with E-state index in [2.05, 4.69) is 29.8 Å². The Morgan fingerprint density at radius 2 is 2.11 bits per heavy atom. The zero-order valence-electron chi connectivity index (χ0n) is 10.8. The van der Waals surface area contributed by atoms with E-state index in [-0.39, 0.29) is 6.61 Å². The van der Waals surface area contributed by atoms with Gasteiger partial charge in [-0.15, -0.1) is 11.3 Å². The third kappa shape index (κ3) is 4.09. The molecule has 2 aromatic rings. The Kier molecular flexibility index (Phi) is 4.96. The van der Waals surface area contributed by atoms with Crippen molar-refractivity contribution in [2.24, 2.45) is 0 Å². The number of ether oxygens (including phenoxy) is 1. The van der Waals surface area contributed by atoms with Crippen LogP contribution in [0.25, 0.3) is 0 Å². The molecule has 2 rings (SSSR count). The van der Waals surface area contributed by atoms with Crippen LogP contribution >= 0.6 is 11.3 Å². The topological polar surface area (TPSA) is 45.0 Å². The number of benzene rings is 1. The summed E-state index contributed by atoms with van der Waals surface area (Å²) in [6, 6.07) is 14.3. The highest BCUT2D eigenvalue weighted by molar-refractivity contribution is 7.10.